The fourth-order valence-electron chi connectivity index (χ4n) is 3.72. The van der Waals surface area contributed by atoms with E-state index in [1.807, 2.05) is 18.4 Å². The van der Waals surface area contributed by atoms with Gasteiger partial charge in [-0.2, -0.15) is 0 Å². The highest BCUT2D eigenvalue weighted by molar-refractivity contribution is 7.12. The lowest BCUT2D eigenvalue weighted by molar-refractivity contribution is -0.0988. The van der Waals surface area contributed by atoms with E-state index in [1.165, 1.54) is 19.4 Å². The first-order chi connectivity index (χ1) is 10.7. The van der Waals surface area contributed by atoms with Crippen LogP contribution in [0, 0.1) is 12.8 Å². The number of aryl methyl sites for hydroxylation is 1. The minimum Gasteiger partial charge on any atom is -0.375 e. The lowest BCUT2D eigenvalue weighted by Gasteiger charge is -2.47. The molecule has 0 unspecified atom stereocenters. The molecular formula is C17H24N2O2S. The number of hydrogen-bond acceptors (Lipinski definition) is 4. The van der Waals surface area contributed by atoms with Crippen LogP contribution in [-0.2, 0) is 4.74 Å². The number of piperidine rings is 1. The SMILES string of the molecule is Cc1ccsc1C(=O)N1CC[C@H]2OCCN(CC3CC3)[C@@H]2C1. The van der Waals surface area contributed by atoms with Gasteiger partial charge >= 0.3 is 0 Å². The van der Waals surface area contributed by atoms with Gasteiger partial charge in [0.1, 0.15) is 0 Å². The molecule has 120 valence electrons. The molecule has 1 aromatic heterocycles. The minimum atomic E-state index is 0.211. The second-order valence-corrected chi connectivity index (χ2v) is 7.80. The average Bonchev–Trinajstić information content (AvgIpc) is 3.25. The van der Waals surface area contributed by atoms with Gasteiger partial charge in [-0.15, -0.1) is 11.3 Å². The summed E-state index contributed by atoms with van der Waals surface area (Å²) in [6, 6.07) is 2.43. The van der Waals surface area contributed by atoms with Crippen LogP contribution >= 0.6 is 11.3 Å². The largest absolute Gasteiger partial charge is 0.375 e. The van der Waals surface area contributed by atoms with Gasteiger partial charge < -0.3 is 9.64 Å². The van der Waals surface area contributed by atoms with Crippen LogP contribution in [0.3, 0.4) is 0 Å². The number of fused-ring (bicyclic) bond motifs is 1. The second-order valence-electron chi connectivity index (χ2n) is 6.89. The number of likely N-dealkylation sites (tertiary alicyclic amines) is 1. The molecule has 0 aromatic carbocycles. The molecule has 2 saturated heterocycles. The number of ether oxygens (including phenoxy) is 1. The average molecular weight is 320 g/mol. The van der Waals surface area contributed by atoms with Crippen LogP contribution < -0.4 is 0 Å². The summed E-state index contributed by atoms with van der Waals surface area (Å²) in [4.78, 5) is 18.3. The molecule has 22 heavy (non-hydrogen) atoms. The topological polar surface area (TPSA) is 32.8 Å². The molecule has 3 aliphatic rings. The lowest BCUT2D eigenvalue weighted by Crippen LogP contribution is -2.61. The maximum Gasteiger partial charge on any atom is 0.264 e. The number of thiophene rings is 1. The summed E-state index contributed by atoms with van der Waals surface area (Å²) < 4.78 is 5.98. The summed E-state index contributed by atoms with van der Waals surface area (Å²) >= 11 is 1.57. The van der Waals surface area contributed by atoms with Crippen LogP contribution in [0.1, 0.15) is 34.5 Å². The normalized spacial score (nSPS) is 29.4. The van der Waals surface area contributed by atoms with Crippen molar-refractivity contribution in [3.63, 3.8) is 0 Å². The summed E-state index contributed by atoms with van der Waals surface area (Å²) in [7, 11) is 0. The highest BCUT2D eigenvalue weighted by Crippen LogP contribution is 2.33. The zero-order valence-corrected chi connectivity index (χ0v) is 14.0. The van der Waals surface area contributed by atoms with E-state index in [9.17, 15) is 4.79 Å². The Labute approximate surface area is 136 Å². The predicted octanol–water partition coefficient (Wildman–Crippen LogP) is 2.38. The standard InChI is InChI=1S/C17H24N2O2S/c1-12-5-9-22-16(12)17(20)19-6-4-15-14(11-19)18(7-8-21-15)10-13-2-3-13/h5,9,13-15H,2-4,6-8,10-11H2,1H3/t14-,15-/m1/s1. The van der Waals surface area contributed by atoms with Gasteiger partial charge in [0.2, 0.25) is 0 Å². The maximum atomic E-state index is 12.8. The second kappa shape index (κ2) is 5.95. The number of rotatable bonds is 3. The summed E-state index contributed by atoms with van der Waals surface area (Å²) in [5, 5.41) is 2.01. The van der Waals surface area contributed by atoms with Gasteiger partial charge in [-0.25, -0.2) is 0 Å². The summed E-state index contributed by atoms with van der Waals surface area (Å²) in [6.07, 6.45) is 4.06. The molecule has 2 aliphatic heterocycles. The third-order valence-electron chi connectivity index (χ3n) is 5.23. The highest BCUT2D eigenvalue weighted by Gasteiger charge is 2.40. The molecule has 5 heteroatoms. The molecule has 0 radical (unpaired) electrons. The summed E-state index contributed by atoms with van der Waals surface area (Å²) in [6.45, 7) is 6.76. The number of nitrogens with zero attached hydrogens (tertiary/aromatic N) is 2. The van der Waals surface area contributed by atoms with Gasteiger partial charge in [-0.05, 0) is 49.1 Å². The number of carbonyl (C=O) groups is 1. The van der Waals surface area contributed by atoms with Crippen LogP contribution in [0.25, 0.3) is 0 Å². The first-order valence-electron chi connectivity index (χ1n) is 8.41. The van der Waals surface area contributed by atoms with Crippen molar-refractivity contribution >= 4 is 17.2 Å². The van der Waals surface area contributed by atoms with Crippen molar-refractivity contribution in [2.45, 2.75) is 38.3 Å². The van der Waals surface area contributed by atoms with Crippen molar-refractivity contribution in [2.75, 3.05) is 32.8 Å². The Morgan fingerprint density at radius 2 is 2.23 bits per heavy atom. The maximum absolute atomic E-state index is 12.8. The van der Waals surface area contributed by atoms with E-state index in [4.69, 9.17) is 4.74 Å². The van der Waals surface area contributed by atoms with Gasteiger partial charge in [-0.3, -0.25) is 9.69 Å². The van der Waals surface area contributed by atoms with Gasteiger partial charge in [0, 0.05) is 26.2 Å². The molecule has 3 fully saturated rings. The quantitative estimate of drug-likeness (QED) is 0.857. The van der Waals surface area contributed by atoms with Crippen molar-refractivity contribution in [1.29, 1.82) is 0 Å². The molecule has 3 heterocycles. The van der Waals surface area contributed by atoms with Crippen molar-refractivity contribution in [1.82, 2.24) is 9.80 Å². The number of amides is 1. The Morgan fingerprint density at radius 3 is 2.95 bits per heavy atom. The van der Waals surface area contributed by atoms with Gasteiger partial charge in [0.25, 0.3) is 5.91 Å². The Balaban J connectivity index is 1.47. The van der Waals surface area contributed by atoms with Gasteiger partial charge in [0.05, 0.1) is 23.6 Å². The molecule has 0 N–H and O–H groups in total. The monoisotopic (exact) mass is 320 g/mol. The molecule has 0 bridgehead atoms. The molecule has 1 aromatic rings. The van der Waals surface area contributed by atoms with Crippen LogP contribution in [0.2, 0.25) is 0 Å². The molecular weight excluding hydrogens is 296 g/mol. The van der Waals surface area contributed by atoms with E-state index < -0.39 is 0 Å². The van der Waals surface area contributed by atoms with Crippen LogP contribution in [0.15, 0.2) is 11.4 Å². The van der Waals surface area contributed by atoms with Crippen molar-refractivity contribution in [3.8, 4) is 0 Å². The van der Waals surface area contributed by atoms with E-state index in [-0.39, 0.29) is 5.91 Å². The number of carbonyl (C=O) groups excluding carboxylic acids is 1. The molecule has 0 spiro atoms. The van der Waals surface area contributed by atoms with Gasteiger partial charge in [-0.1, -0.05) is 0 Å². The third-order valence-corrected chi connectivity index (χ3v) is 6.24. The van der Waals surface area contributed by atoms with Gasteiger partial charge in [0.15, 0.2) is 0 Å². The lowest BCUT2D eigenvalue weighted by atomic mass is 9.98. The Hall–Kier alpha value is -0.910. The van der Waals surface area contributed by atoms with E-state index in [0.29, 0.717) is 12.1 Å². The fourth-order valence-corrected chi connectivity index (χ4v) is 4.61. The van der Waals surface area contributed by atoms with Crippen molar-refractivity contribution in [2.24, 2.45) is 5.92 Å². The molecule has 2 atom stereocenters. The Morgan fingerprint density at radius 1 is 1.36 bits per heavy atom. The van der Waals surface area contributed by atoms with Crippen LogP contribution in [0.4, 0.5) is 0 Å². The van der Waals surface area contributed by atoms with E-state index in [2.05, 4.69) is 9.80 Å². The van der Waals surface area contributed by atoms with E-state index in [1.54, 1.807) is 11.3 Å². The van der Waals surface area contributed by atoms with E-state index >= 15 is 0 Å². The predicted molar refractivity (Wildman–Crippen MR) is 87.4 cm³/mol. The zero-order valence-electron chi connectivity index (χ0n) is 13.2. The number of morpholine rings is 1. The van der Waals surface area contributed by atoms with Crippen LogP contribution in [-0.4, -0.2) is 60.6 Å². The molecule has 1 saturated carbocycles. The molecule has 1 amide bonds. The van der Waals surface area contributed by atoms with E-state index in [0.717, 1.165) is 49.0 Å². The third kappa shape index (κ3) is 2.82. The molecule has 4 rings (SSSR count). The van der Waals surface area contributed by atoms with Crippen molar-refractivity contribution in [3.05, 3.63) is 21.9 Å². The molecule has 4 nitrogen and oxygen atoms in total. The fraction of sp³-hybridized carbons (Fsp3) is 0.706. The molecule has 1 aliphatic carbocycles. The first-order valence-corrected chi connectivity index (χ1v) is 9.29. The Kier molecular flexibility index (Phi) is 3.96. The summed E-state index contributed by atoms with van der Waals surface area (Å²) in [5.41, 5.74) is 1.10. The highest BCUT2D eigenvalue weighted by atomic mass is 32.1. The number of hydrogen-bond donors (Lipinski definition) is 0. The van der Waals surface area contributed by atoms with Crippen LogP contribution in [0.5, 0.6) is 0 Å². The minimum absolute atomic E-state index is 0.211. The zero-order chi connectivity index (χ0) is 15.1. The van der Waals surface area contributed by atoms with Crippen molar-refractivity contribution < 1.29 is 9.53 Å². The Bertz CT molecular complexity index is 555. The smallest absolute Gasteiger partial charge is 0.264 e. The summed E-state index contributed by atoms with van der Waals surface area (Å²) in [5.74, 6) is 1.10. The first kappa shape index (κ1) is 14.7.